The topological polar surface area (TPSA) is 38.5 Å². The largest absolute Gasteiger partial charge is 0.326 e. The molecular weight excluding hydrogens is 212 g/mol. The molecule has 0 spiro atoms. The fraction of sp³-hybridized carbons (Fsp3) is 0.455. The van der Waals surface area contributed by atoms with Gasteiger partial charge in [-0.15, -0.1) is 0 Å². The highest BCUT2D eigenvalue weighted by Gasteiger charge is 2.23. The van der Waals surface area contributed by atoms with E-state index >= 15 is 0 Å². The minimum atomic E-state index is -0.0603. The second-order valence-electron chi connectivity index (χ2n) is 3.55. The molecule has 0 aliphatic rings. The van der Waals surface area contributed by atoms with Gasteiger partial charge >= 0.3 is 0 Å². The van der Waals surface area contributed by atoms with E-state index in [0.717, 1.165) is 5.56 Å². The van der Waals surface area contributed by atoms with Crippen molar-refractivity contribution in [1.29, 1.82) is 0 Å². The summed E-state index contributed by atoms with van der Waals surface area (Å²) >= 11 is 6.13. The van der Waals surface area contributed by atoms with E-state index in [4.69, 9.17) is 22.2 Å². The number of benzene rings is 1. The first-order chi connectivity index (χ1) is 7.07. The molecule has 0 radical (unpaired) electrons. The van der Waals surface area contributed by atoms with Crippen LogP contribution in [-0.4, -0.2) is 25.3 Å². The summed E-state index contributed by atoms with van der Waals surface area (Å²) in [6.07, 6.45) is 0. The van der Waals surface area contributed by atoms with Crippen LogP contribution in [-0.2, 0) is 4.84 Å². The number of nitrogens with zero attached hydrogens (tertiary/aromatic N) is 1. The molecule has 0 fully saturated rings. The van der Waals surface area contributed by atoms with Gasteiger partial charge in [0.15, 0.2) is 0 Å². The fourth-order valence-electron chi connectivity index (χ4n) is 1.64. The van der Waals surface area contributed by atoms with Crippen molar-refractivity contribution < 1.29 is 4.84 Å². The van der Waals surface area contributed by atoms with Crippen molar-refractivity contribution in [3.8, 4) is 0 Å². The minimum absolute atomic E-state index is 0.0382. The lowest BCUT2D eigenvalue weighted by Crippen LogP contribution is -2.36. The van der Waals surface area contributed by atoms with Crippen molar-refractivity contribution >= 4 is 11.6 Å². The molecular formula is C11H17ClN2O. The van der Waals surface area contributed by atoms with E-state index in [1.807, 2.05) is 38.2 Å². The number of likely N-dealkylation sites (N-methyl/N-ethyl adjacent to an activating group) is 1. The van der Waals surface area contributed by atoms with Crippen LogP contribution in [0.4, 0.5) is 0 Å². The molecule has 4 heteroatoms. The summed E-state index contributed by atoms with van der Waals surface area (Å²) < 4.78 is 0. The maximum Gasteiger partial charge on any atom is 0.0761 e. The molecule has 0 saturated carbocycles. The molecule has 1 aromatic carbocycles. The number of hydroxylamine groups is 2. The molecule has 0 saturated heterocycles. The Morgan fingerprint density at radius 3 is 2.47 bits per heavy atom. The third-order valence-electron chi connectivity index (χ3n) is 2.40. The second kappa shape index (κ2) is 5.47. The lowest BCUT2D eigenvalue weighted by molar-refractivity contribution is -0.146. The number of halogens is 1. The molecule has 2 unspecified atom stereocenters. The van der Waals surface area contributed by atoms with Crippen LogP contribution in [0.1, 0.15) is 18.5 Å². The van der Waals surface area contributed by atoms with Gasteiger partial charge in [0.2, 0.25) is 0 Å². The number of hydrogen-bond acceptors (Lipinski definition) is 3. The van der Waals surface area contributed by atoms with E-state index in [0.29, 0.717) is 5.02 Å². The van der Waals surface area contributed by atoms with Crippen molar-refractivity contribution in [2.45, 2.75) is 19.0 Å². The quantitative estimate of drug-likeness (QED) is 0.804. The average Bonchev–Trinajstić information content (AvgIpc) is 2.20. The predicted octanol–water partition coefficient (Wildman–Crippen LogP) is 2.22. The van der Waals surface area contributed by atoms with Crippen molar-refractivity contribution in [3.63, 3.8) is 0 Å². The first-order valence-electron chi connectivity index (χ1n) is 4.85. The molecule has 2 atom stereocenters. The molecule has 2 N–H and O–H groups in total. The van der Waals surface area contributed by atoms with Crippen LogP contribution < -0.4 is 5.73 Å². The van der Waals surface area contributed by atoms with E-state index in [-0.39, 0.29) is 12.1 Å². The molecule has 84 valence electrons. The lowest BCUT2D eigenvalue weighted by Gasteiger charge is -2.29. The van der Waals surface area contributed by atoms with Crippen LogP contribution in [0, 0.1) is 0 Å². The summed E-state index contributed by atoms with van der Waals surface area (Å²) in [4.78, 5) is 5.18. The summed E-state index contributed by atoms with van der Waals surface area (Å²) in [7, 11) is 3.46. The summed E-state index contributed by atoms with van der Waals surface area (Å²) in [5.74, 6) is 0. The van der Waals surface area contributed by atoms with Gasteiger partial charge in [0.05, 0.1) is 13.2 Å². The van der Waals surface area contributed by atoms with Crippen molar-refractivity contribution in [2.75, 3.05) is 14.2 Å². The number of nitrogens with two attached hydrogens (primary N) is 1. The molecule has 1 rings (SSSR count). The molecule has 0 heterocycles. The molecule has 1 aromatic rings. The average molecular weight is 229 g/mol. The van der Waals surface area contributed by atoms with Gasteiger partial charge in [0.25, 0.3) is 0 Å². The van der Waals surface area contributed by atoms with E-state index in [1.165, 1.54) is 0 Å². The second-order valence-corrected chi connectivity index (χ2v) is 3.96. The van der Waals surface area contributed by atoms with Crippen LogP contribution in [0.15, 0.2) is 24.3 Å². The summed E-state index contributed by atoms with van der Waals surface area (Å²) in [6, 6.07) is 7.57. The summed E-state index contributed by atoms with van der Waals surface area (Å²) in [5.41, 5.74) is 6.92. The zero-order chi connectivity index (χ0) is 11.4. The fourth-order valence-corrected chi connectivity index (χ4v) is 1.89. The maximum absolute atomic E-state index is 6.13. The van der Waals surface area contributed by atoms with E-state index in [2.05, 4.69) is 0 Å². The molecule has 0 bridgehead atoms. The maximum atomic E-state index is 6.13. The van der Waals surface area contributed by atoms with Gasteiger partial charge in [-0.25, -0.2) is 0 Å². The standard InChI is InChI=1S/C11H17ClN2O/c1-8(13)11(14(2)15-3)9-6-4-5-7-10(9)12/h4-8,11H,13H2,1-3H3. The lowest BCUT2D eigenvalue weighted by atomic mass is 10.0. The van der Waals surface area contributed by atoms with Gasteiger partial charge in [0.1, 0.15) is 0 Å². The van der Waals surface area contributed by atoms with Gasteiger partial charge in [0, 0.05) is 18.1 Å². The van der Waals surface area contributed by atoms with Crippen LogP contribution in [0.3, 0.4) is 0 Å². The third-order valence-corrected chi connectivity index (χ3v) is 2.75. The molecule has 0 aliphatic heterocycles. The van der Waals surface area contributed by atoms with Crippen molar-refractivity contribution in [1.82, 2.24) is 5.06 Å². The highest BCUT2D eigenvalue weighted by Crippen LogP contribution is 2.28. The molecule has 3 nitrogen and oxygen atoms in total. The smallest absolute Gasteiger partial charge is 0.0761 e. The SMILES string of the molecule is CON(C)C(c1ccccc1Cl)C(C)N. The normalized spacial score (nSPS) is 15.3. The van der Waals surface area contributed by atoms with E-state index in [1.54, 1.807) is 12.2 Å². The first kappa shape index (κ1) is 12.5. The summed E-state index contributed by atoms with van der Waals surface area (Å²) in [5, 5.41) is 2.43. The number of hydrogen-bond donors (Lipinski definition) is 1. The summed E-state index contributed by atoms with van der Waals surface area (Å²) in [6.45, 7) is 1.93. The zero-order valence-corrected chi connectivity index (χ0v) is 10.0. The Morgan fingerprint density at radius 2 is 2.00 bits per heavy atom. The van der Waals surface area contributed by atoms with Crippen LogP contribution in [0.5, 0.6) is 0 Å². The number of rotatable bonds is 4. The first-order valence-corrected chi connectivity index (χ1v) is 5.22. The van der Waals surface area contributed by atoms with Gasteiger partial charge in [-0.05, 0) is 18.6 Å². The van der Waals surface area contributed by atoms with Crippen molar-refractivity contribution in [2.24, 2.45) is 5.73 Å². The Morgan fingerprint density at radius 1 is 1.40 bits per heavy atom. The monoisotopic (exact) mass is 228 g/mol. The Bertz CT molecular complexity index is 317. The van der Waals surface area contributed by atoms with Gasteiger partial charge in [-0.1, -0.05) is 29.8 Å². The van der Waals surface area contributed by atoms with E-state index in [9.17, 15) is 0 Å². The highest BCUT2D eigenvalue weighted by molar-refractivity contribution is 6.31. The molecule has 0 aromatic heterocycles. The van der Waals surface area contributed by atoms with Crippen LogP contribution in [0.2, 0.25) is 5.02 Å². The highest BCUT2D eigenvalue weighted by atomic mass is 35.5. The van der Waals surface area contributed by atoms with Crippen LogP contribution >= 0.6 is 11.6 Å². The molecule has 0 amide bonds. The molecule has 15 heavy (non-hydrogen) atoms. The predicted molar refractivity (Wildman–Crippen MR) is 62.6 cm³/mol. The Kier molecular flexibility index (Phi) is 4.54. The van der Waals surface area contributed by atoms with E-state index < -0.39 is 0 Å². The zero-order valence-electron chi connectivity index (χ0n) is 9.27. The van der Waals surface area contributed by atoms with Crippen molar-refractivity contribution in [3.05, 3.63) is 34.9 Å². The minimum Gasteiger partial charge on any atom is -0.326 e. The van der Waals surface area contributed by atoms with Gasteiger partial charge in [-0.2, -0.15) is 5.06 Å². The van der Waals surface area contributed by atoms with Crippen LogP contribution in [0.25, 0.3) is 0 Å². The Labute approximate surface area is 95.7 Å². The van der Waals surface area contributed by atoms with Gasteiger partial charge in [-0.3, -0.25) is 0 Å². The van der Waals surface area contributed by atoms with Gasteiger partial charge < -0.3 is 10.6 Å². The molecule has 0 aliphatic carbocycles. The Hall–Kier alpha value is -0.610. The third kappa shape index (κ3) is 2.92. The Balaban J connectivity index is 3.04.